The zero-order valence-corrected chi connectivity index (χ0v) is 11.1. The summed E-state index contributed by atoms with van der Waals surface area (Å²) in [6.07, 6.45) is 0. The summed E-state index contributed by atoms with van der Waals surface area (Å²) < 4.78 is 5.08. The molecule has 2 amide bonds. The molecule has 1 rings (SSSR count). The van der Waals surface area contributed by atoms with Crippen LogP contribution in [0.1, 0.15) is 13.8 Å². The lowest BCUT2D eigenvalue weighted by Crippen LogP contribution is -2.36. The van der Waals surface area contributed by atoms with Gasteiger partial charge in [0.1, 0.15) is 5.75 Å². The molecule has 0 aromatic heterocycles. The summed E-state index contributed by atoms with van der Waals surface area (Å²) in [5, 5.41) is 8.74. The van der Waals surface area contributed by atoms with E-state index < -0.39 is 0 Å². The van der Waals surface area contributed by atoms with Gasteiger partial charge < -0.3 is 20.7 Å². The van der Waals surface area contributed by atoms with Crippen molar-refractivity contribution in [3.8, 4) is 5.75 Å². The first-order chi connectivity index (χ1) is 8.61. The predicted molar refractivity (Wildman–Crippen MR) is 73.2 cm³/mol. The summed E-state index contributed by atoms with van der Waals surface area (Å²) in [4.78, 5) is 11.6. The highest BCUT2D eigenvalue weighted by molar-refractivity contribution is 5.89. The van der Waals surface area contributed by atoms with Crippen LogP contribution in [-0.4, -0.2) is 32.3 Å². The number of anilines is 1. The first kappa shape index (κ1) is 14.3. The molecule has 0 aliphatic rings. The predicted octanol–water partition coefficient (Wildman–Crippen LogP) is 1.81. The van der Waals surface area contributed by atoms with Gasteiger partial charge in [-0.25, -0.2) is 4.79 Å². The Hall–Kier alpha value is -1.75. The number of hydrogen-bond acceptors (Lipinski definition) is 3. The van der Waals surface area contributed by atoms with Crippen molar-refractivity contribution in [2.45, 2.75) is 19.9 Å². The van der Waals surface area contributed by atoms with Gasteiger partial charge in [-0.05, 0) is 12.1 Å². The van der Waals surface area contributed by atoms with Gasteiger partial charge in [-0.1, -0.05) is 19.9 Å². The van der Waals surface area contributed by atoms with E-state index in [1.165, 1.54) is 0 Å². The Kier molecular flexibility index (Phi) is 6.00. The highest BCUT2D eigenvalue weighted by Gasteiger charge is 2.01. The largest absolute Gasteiger partial charge is 0.497 e. The van der Waals surface area contributed by atoms with Crippen molar-refractivity contribution >= 4 is 11.7 Å². The SMILES string of the molecule is COc1cccc(NC(=O)NCCNC(C)C)c1. The smallest absolute Gasteiger partial charge is 0.319 e. The third kappa shape index (κ3) is 5.54. The van der Waals surface area contributed by atoms with Gasteiger partial charge in [-0.2, -0.15) is 0 Å². The second-order valence-corrected chi connectivity index (χ2v) is 4.22. The summed E-state index contributed by atoms with van der Waals surface area (Å²) in [5.41, 5.74) is 0.712. The van der Waals surface area contributed by atoms with Crippen molar-refractivity contribution in [1.29, 1.82) is 0 Å². The van der Waals surface area contributed by atoms with Crippen molar-refractivity contribution in [1.82, 2.24) is 10.6 Å². The number of amides is 2. The fraction of sp³-hybridized carbons (Fsp3) is 0.462. The quantitative estimate of drug-likeness (QED) is 0.676. The standard InChI is InChI=1S/C13H21N3O2/c1-10(2)14-7-8-15-13(17)16-11-5-4-6-12(9-11)18-3/h4-6,9-10,14H,7-8H2,1-3H3,(H2,15,16,17). The molecule has 0 radical (unpaired) electrons. The Bertz CT molecular complexity index is 380. The lowest BCUT2D eigenvalue weighted by Gasteiger charge is -2.10. The molecule has 100 valence electrons. The fourth-order valence-electron chi connectivity index (χ4n) is 1.41. The fourth-order valence-corrected chi connectivity index (χ4v) is 1.41. The number of carbonyl (C=O) groups excluding carboxylic acids is 1. The van der Waals surface area contributed by atoms with Crippen molar-refractivity contribution in [2.24, 2.45) is 0 Å². The van der Waals surface area contributed by atoms with Crippen LogP contribution < -0.4 is 20.7 Å². The van der Waals surface area contributed by atoms with Gasteiger partial charge >= 0.3 is 6.03 Å². The topological polar surface area (TPSA) is 62.4 Å². The Labute approximate surface area is 108 Å². The number of methoxy groups -OCH3 is 1. The van der Waals surface area contributed by atoms with E-state index in [1.807, 2.05) is 18.2 Å². The number of carbonyl (C=O) groups is 1. The van der Waals surface area contributed by atoms with Crippen LogP contribution in [0.25, 0.3) is 0 Å². The number of rotatable bonds is 6. The van der Waals surface area contributed by atoms with Gasteiger partial charge in [-0.3, -0.25) is 0 Å². The van der Waals surface area contributed by atoms with Crippen LogP contribution >= 0.6 is 0 Å². The van der Waals surface area contributed by atoms with Crippen LogP contribution in [0.2, 0.25) is 0 Å². The Balaban J connectivity index is 2.30. The Morgan fingerprint density at radius 1 is 1.33 bits per heavy atom. The minimum atomic E-state index is -0.214. The molecule has 0 aliphatic heterocycles. The minimum Gasteiger partial charge on any atom is -0.497 e. The lowest BCUT2D eigenvalue weighted by molar-refractivity contribution is 0.252. The number of hydrogen-bond donors (Lipinski definition) is 3. The first-order valence-electron chi connectivity index (χ1n) is 6.04. The molecule has 0 heterocycles. The molecule has 0 unspecified atom stereocenters. The molecule has 0 spiro atoms. The number of ether oxygens (including phenoxy) is 1. The average molecular weight is 251 g/mol. The molecule has 0 fully saturated rings. The van der Waals surface area contributed by atoms with Gasteiger partial charge in [0.15, 0.2) is 0 Å². The molecule has 0 bridgehead atoms. The van der Waals surface area contributed by atoms with Gasteiger partial charge in [0.25, 0.3) is 0 Å². The van der Waals surface area contributed by atoms with Crippen molar-refractivity contribution < 1.29 is 9.53 Å². The molecular formula is C13H21N3O2. The number of nitrogens with one attached hydrogen (secondary N) is 3. The van der Waals surface area contributed by atoms with Crippen LogP contribution in [0.4, 0.5) is 10.5 Å². The third-order valence-electron chi connectivity index (χ3n) is 2.29. The maximum Gasteiger partial charge on any atom is 0.319 e. The van der Waals surface area contributed by atoms with E-state index in [0.717, 1.165) is 6.54 Å². The van der Waals surface area contributed by atoms with Crippen molar-refractivity contribution in [3.63, 3.8) is 0 Å². The molecule has 1 aromatic carbocycles. The molecule has 0 saturated carbocycles. The molecule has 3 N–H and O–H groups in total. The second kappa shape index (κ2) is 7.55. The van der Waals surface area contributed by atoms with Crippen LogP contribution in [0.3, 0.4) is 0 Å². The second-order valence-electron chi connectivity index (χ2n) is 4.22. The normalized spacial score (nSPS) is 10.2. The van der Waals surface area contributed by atoms with Gasteiger partial charge in [0, 0.05) is 30.9 Å². The average Bonchev–Trinajstić information content (AvgIpc) is 2.34. The number of urea groups is 1. The first-order valence-corrected chi connectivity index (χ1v) is 6.04. The van der Waals surface area contributed by atoms with Gasteiger partial charge in [-0.15, -0.1) is 0 Å². The zero-order chi connectivity index (χ0) is 13.4. The molecule has 0 atom stereocenters. The highest BCUT2D eigenvalue weighted by atomic mass is 16.5. The lowest BCUT2D eigenvalue weighted by atomic mass is 10.3. The third-order valence-corrected chi connectivity index (χ3v) is 2.29. The van der Waals surface area contributed by atoms with E-state index in [9.17, 15) is 4.79 Å². The van der Waals surface area contributed by atoms with E-state index in [2.05, 4.69) is 29.8 Å². The van der Waals surface area contributed by atoms with Crippen LogP contribution in [0.5, 0.6) is 5.75 Å². The molecular weight excluding hydrogens is 230 g/mol. The van der Waals surface area contributed by atoms with Crippen molar-refractivity contribution in [3.05, 3.63) is 24.3 Å². The molecule has 0 saturated heterocycles. The van der Waals surface area contributed by atoms with Crippen LogP contribution in [-0.2, 0) is 0 Å². The molecule has 5 heteroatoms. The van der Waals surface area contributed by atoms with E-state index in [0.29, 0.717) is 24.0 Å². The Morgan fingerprint density at radius 2 is 2.11 bits per heavy atom. The minimum absolute atomic E-state index is 0.214. The van der Waals surface area contributed by atoms with E-state index >= 15 is 0 Å². The van der Waals surface area contributed by atoms with E-state index in [-0.39, 0.29) is 6.03 Å². The maximum absolute atomic E-state index is 11.6. The van der Waals surface area contributed by atoms with Gasteiger partial charge in [0.2, 0.25) is 0 Å². The summed E-state index contributed by atoms with van der Waals surface area (Å²) in [6.45, 7) is 5.48. The monoisotopic (exact) mass is 251 g/mol. The zero-order valence-electron chi connectivity index (χ0n) is 11.1. The summed E-state index contributed by atoms with van der Waals surface area (Å²) >= 11 is 0. The van der Waals surface area contributed by atoms with Gasteiger partial charge in [0.05, 0.1) is 7.11 Å². The van der Waals surface area contributed by atoms with E-state index in [4.69, 9.17) is 4.74 Å². The van der Waals surface area contributed by atoms with Crippen LogP contribution in [0, 0.1) is 0 Å². The maximum atomic E-state index is 11.6. The summed E-state index contributed by atoms with van der Waals surface area (Å²) in [5.74, 6) is 0.717. The number of benzene rings is 1. The molecule has 18 heavy (non-hydrogen) atoms. The van der Waals surface area contributed by atoms with Crippen molar-refractivity contribution in [2.75, 3.05) is 25.5 Å². The summed E-state index contributed by atoms with van der Waals surface area (Å²) in [6, 6.07) is 7.45. The summed E-state index contributed by atoms with van der Waals surface area (Å²) in [7, 11) is 1.59. The molecule has 0 aliphatic carbocycles. The molecule has 5 nitrogen and oxygen atoms in total. The molecule has 1 aromatic rings. The highest BCUT2D eigenvalue weighted by Crippen LogP contribution is 2.16. The Morgan fingerprint density at radius 3 is 2.78 bits per heavy atom. The van der Waals surface area contributed by atoms with Crippen LogP contribution in [0.15, 0.2) is 24.3 Å². The van der Waals surface area contributed by atoms with E-state index in [1.54, 1.807) is 13.2 Å².